The summed E-state index contributed by atoms with van der Waals surface area (Å²) in [6.07, 6.45) is 7.91. The van der Waals surface area contributed by atoms with Crippen molar-refractivity contribution >= 4 is 27.8 Å². The largest absolute Gasteiger partial charge is 0.463 e. The van der Waals surface area contributed by atoms with Crippen molar-refractivity contribution in [2.75, 3.05) is 19.6 Å². The van der Waals surface area contributed by atoms with E-state index in [1.807, 2.05) is 38.1 Å². The van der Waals surface area contributed by atoms with Crippen molar-refractivity contribution in [3.63, 3.8) is 0 Å². The lowest BCUT2D eigenvalue weighted by atomic mass is 9.83. The second kappa shape index (κ2) is 9.82. The molecule has 6 heteroatoms. The quantitative estimate of drug-likeness (QED) is 0.355. The van der Waals surface area contributed by atoms with Crippen LogP contribution in [0.5, 0.6) is 0 Å². The molecule has 2 aliphatic heterocycles. The summed E-state index contributed by atoms with van der Waals surface area (Å²) in [5.41, 5.74) is 4.85. The van der Waals surface area contributed by atoms with Gasteiger partial charge in [0, 0.05) is 34.5 Å². The summed E-state index contributed by atoms with van der Waals surface area (Å²) in [6, 6.07) is 12.7. The highest BCUT2D eigenvalue weighted by molar-refractivity contribution is 6.05. The van der Waals surface area contributed by atoms with Crippen LogP contribution >= 0.6 is 0 Å². The average molecular weight is 499 g/mol. The zero-order valence-corrected chi connectivity index (χ0v) is 21.6. The van der Waals surface area contributed by atoms with Crippen molar-refractivity contribution < 1.29 is 13.6 Å². The maximum Gasteiger partial charge on any atom is 0.340 e. The maximum absolute atomic E-state index is 13.0. The molecule has 2 atom stereocenters. The van der Waals surface area contributed by atoms with Crippen LogP contribution in [0.2, 0.25) is 0 Å². The van der Waals surface area contributed by atoms with E-state index >= 15 is 0 Å². The third kappa shape index (κ3) is 4.37. The number of rotatable bonds is 5. The molecule has 1 N–H and O–H groups in total. The van der Waals surface area contributed by atoms with E-state index in [2.05, 4.69) is 22.3 Å². The fourth-order valence-corrected chi connectivity index (χ4v) is 6.53. The van der Waals surface area contributed by atoms with Gasteiger partial charge in [-0.15, -0.1) is 0 Å². The van der Waals surface area contributed by atoms with E-state index in [1.54, 1.807) is 6.26 Å². The zero-order valence-electron chi connectivity index (χ0n) is 21.6. The van der Waals surface area contributed by atoms with Crippen LogP contribution in [-0.4, -0.2) is 36.5 Å². The van der Waals surface area contributed by atoms with Crippen molar-refractivity contribution in [1.29, 1.82) is 0 Å². The Kier molecular flexibility index (Phi) is 6.37. The fourth-order valence-electron chi connectivity index (χ4n) is 6.53. The van der Waals surface area contributed by atoms with E-state index in [0.29, 0.717) is 35.2 Å². The molecule has 192 valence electrons. The van der Waals surface area contributed by atoms with Crippen molar-refractivity contribution in [2.45, 2.75) is 58.4 Å². The molecule has 2 aromatic heterocycles. The monoisotopic (exact) mass is 498 g/mol. The van der Waals surface area contributed by atoms with Gasteiger partial charge in [-0.3, -0.25) is 4.79 Å². The number of nitrogens with one attached hydrogen (secondary N) is 1. The Morgan fingerprint density at radius 3 is 2.65 bits per heavy atom. The Hall–Kier alpha value is -3.38. The third-order valence-corrected chi connectivity index (χ3v) is 8.55. The normalized spacial score (nSPS) is 20.3. The minimum absolute atomic E-state index is 0.0270. The lowest BCUT2D eigenvalue weighted by Gasteiger charge is -2.44. The molecule has 4 heterocycles. The highest BCUT2D eigenvalue weighted by Crippen LogP contribution is 2.37. The third-order valence-electron chi connectivity index (χ3n) is 8.55. The van der Waals surface area contributed by atoms with E-state index in [1.165, 1.54) is 38.8 Å². The molecule has 0 aliphatic carbocycles. The van der Waals surface area contributed by atoms with Gasteiger partial charge in [0.1, 0.15) is 11.2 Å². The van der Waals surface area contributed by atoms with E-state index in [4.69, 9.17) is 8.83 Å². The summed E-state index contributed by atoms with van der Waals surface area (Å²) < 4.78 is 11.7. The highest BCUT2D eigenvalue weighted by atomic mass is 16.4. The van der Waals surface area contributed by atoms with E-state index in [0.717, 1.165) is 39.4 Å². The number of furan rings is 1. The van der Waals surface area contributed by atoms with Crippen LogP contribution in [0.1, 0.15) is 48.8 Å². The molecule has 4 aromatic rings. The lowest BCUT2D eigenvalue weighted by Crippen LogP contribution is -2.51. The number of aryl methyl sites for hydroxylation is 2. The van der Waals surface area contributed by atoms with Gasteiger partial charge in [0.25, 0.3) is 0 Å². The molecule has 0 unspecified atom stereocenters. The second-order valence-electron chi connectivity index (χ2n) is 10.7. The number of hydrogen-bond donors (Lipinski definition) is 1. The predicted octanol–water partition coefficient (Wildman–Crippen LogP) is 5.75. The molecular weight excluding hydrogens is 464 g/mol. The second-order valence-corrected chi connectivity index (χ2v) is 10.7. The van der Waals surface area contributed by atoms with Crippen molar-refractivity contribution in [2.24, 2.45) is 5.92 Å². The topological polar surface area (TPSA) is 75.7 Å². The number of carbonyl (C=O) groups is 1. The maximum atomic E-state index is 13.0. The summed E-state index contributed by atoms with van der Waals surface area (Å²) in [5, 5.41) is 4.96. The van der Waals surface area contributed by atoms with Crippen LogP contribution < -0.4 is 10.9 Å². The van der Waals surface area contributed by atoms with Gasteiger partial charge >= 0.3 is 5.63 Å². The van der Waals surface area contributed by atoms with Gasteiger partial charge in [-0.1, -0.05) is 36.8 Å². The molecule has 2 saturated heterocycles. The number of fused-ring (bicyclic) bond motifs is 3. The van der Waals surface area contributed by atoms with Gasteiger partial charge in [0.2, 0.25) is 5.91 Å². The van der Waals surface area contributed by atoms with Gasteiger partial charge < -0.3 is 19.1 Å². The lowest BCUT2D eigenvalue weighted by molar-refractivity contribution is -0.120. The van der Waals surface area contributed by atoms with Gasteiger partial charge in [0.15, 0.2) is 0 Å². The Labute approximate surface area is 216 Å². The first kappa shape index (κ1) is 24.0. The molecule has 2 aliphatic rings. The molecule has 2 fully saturated rings. The number of amides is 1. The van der Waals surface area contributed by atoms with Crippen LogP contribution in [0, 0.1) is 19.8 Å². The predicted molar refractivity (Wildman–Crippen MR) is 146 cm³/mol. The van der Waals surface area contributed by atoms with Gasteiger partial charge in [-0.2, -0.15) is 0 Å². The van der Waals surface area contributed by atoms with E-state index in [9.17, 15) is 9.59 Å². The van der Waals surface area contributed by atoms with Gasteiger partial charge in [0.05, 0.1) is 18.2 Å². The Morgan fingerprint density at radius 1 is 1.00 bits per heavy atom. The van der Waals surface area contributed by atoms with Crippen molar-refractivity contribution in [1.82, 2.24) is 10.2 Å². The van der Waals surface area contributed by atoms with Gasteiger partial charge in [-0.05, 0) is 75.7 Å². The first-order valence-corrected chi connectivity index (χ1v) is 13.5. The molecular formula is C31H34N2O4. The number of nitrogens with zero attached hydrogens (tertiary/aromatic N) is 1. The molecule has 0 saturated carbocycles. The molecule has 0 spiro atoms. The SMILES string of the molecule is Cc1c(CC(=O)NC[C@H]2CCCN3CCCC[C@@H]23)c(=O)oc2c(C)c3occ(-c4ccccc4)c3cc12. The summed E-state index contributed by atoms with van der Waals surface area (Å²) in [6.45, 7) is 6.86. The molecule has 2 aromatic carbocycles. The fraction of sp³-hybridized carbons (Fsp3) is 0.419. The minimum Gasteiger partial charge on any atom is -0.463 e. The zero-order chi connectivity index (χ0) is 25.5. The molecule has 37 heavy (non-hydrogen) atoms. The standard InChI is InChI=1S/C31H34N2O4/c1-19-23-15-25-26(21-9-4-3-5-10-21)18-36-29(25)20(2)30(23)37-31(35)24(19)16-28(34)32-17-22-11-8-14-33-13-7-6-12-27(22)33/h3-5,9-10,15,18,22,27H,6-8,11-14,16-17H2,1-2H3,(H,32,34)/t22-,27+/m1/s1. The summed E-state index contributed by atoms with van der Waals surface area (Å²) >= 11 is 0. The molecule has 0 bridgehead atoms. The van der Waals surface area contributed by atoms with Gasteiger partial charge in [-0.25, -0.2) is 4.79 Å². The molecule has 0 radical (unpaired) electrons. The molecule has 6 nitrogen and oxygen atoms in total. The Bertz CT molecular complexity index is 1520. The highest BCUT2D eigenvalue weighted by Gasteiger charge is 2.33. The van der Waals surface area contributed by atoms with Crippen LogP contribution in [-0.2, 0) is 11.2 Å². The first-order chi connectivity index (χ1) is 18.0. The van der Waals surface area contributed by atoms with Crippen LogP contribution in [0.4, 0.5) is 0 Å². The smallest absolute Gasteiger partial charge is 0.340 e. The average Bonchev–Trinajstić information content (AvgIpc) is 3.35. The van der Waals surface area contributed by atoms with E-state index < -0.39 is 5.63 Å². The number of piperidine rings is 2. The van der Waals surface area contributed by atoms with Crippen LogP contribution in [0.15, 0.2) is 56.3 Å². The Morgan fingerprint density at radius 2 is 1.81 bits per heavy atom. The van der Waals surface area contributed by atoms with Crippen LogP contribution in [0.25, 0.3) is 33.1 Å². The Balaban J connectivity index is 1.28. The molecule has 6 rings (SSSR count). The number of hydrogen-bond acceptors (Lipinski definition) is 5. The number of carbonyl (C=O) groups excluding carboxylic acids is 1. The van der Waals surface area contributed by atoms with E-state index in [-0.39, 0.29) is 12.3 Å². The summed E-state index contributed by atoms with van der Waals surface area (Å²) in [4.78, 5) is 28.6. The minimum atomic E-state index is -0.450. The molecule has 1 amide bonds. The summed E-state index contributed by atoms with van der Waals surface area (Å²) in [5.74, 6) is 0.370. The first-order valence-electron chi connectivity index (χ1n) is 13.5. The van der Waals surface area contributed by atoms with Crippen LogP contribution in [0.3, 0.4) is 0 Å². The summed E-state index contributed by atoms with van der Waals surface area (Å²) in [7, 11) is 0. The number of benzene rings is 2. The van der Waals surface area contributed by atoms with Crippen molar-refractivity contribution in [3.8, 4) is 11.1 Å². The van der Waals surface area contributed by atoms with Crippen molar-refractivity contribution in [3.05, 3.63) is 69.8 Å².